The van der Waals surface area contributed by atoms with Gasteiger partial charge in [-0.25, -0.2) is 9.18 Å². The van der Waals surface area contributed by atoms with Crippen molar-refractivity contribution in [3.05, 3.63) is 24.3 Å². The molecule has 0 bridgehead atoms. The first kappa shape index (κ1) is 19.0. The van der Waals surface area contributed by atoms with Crippen molar-refractivity contribution >= 4 is 17.7 Å². The smallest absolute Gasteiger partial charge is 0.319 e. The number of carbonyl (C=O) groups is 2. The Morgan fingerprint density at radius 3 is 2.72 bits per heavy atom. The molecule has 0 aliphatic heterocycles. The van der Waals surface area contributed by atoms with E-state index in [2.05, 4.69) is 10.6 Å². The molecular formula is C17H24FN3O4. The molecule has 138 valence electrons. The molecule has 1 aromatic rings. The number of carbonyl (C=O) groups excluding carboxylic acids is 1. The number of ether oxygens (including phenoxy) is 1. The Bertz CT molecular complexity index is 593. The molecule has 1 fully saturated rings. The maximum absolute atomic E-state index is 12.2. The lowest BCUT2D eigenvalue weighted by Crippen LogP contribution is -2.55. The first-order chi connectivity index (χ1) is 12.0. The summed E-state index contributed by atoms with van der Waals surface area (Å²) < 4.78 is 17.5. The van der Waals surface area contributed by atoms with Gasteiger partial charge in [-0.3, -0.25) is 9.69 Å². The van der Waals surface area contributed by atoms with Crippen LogP contribution in [-0.4, -0.2) is 60.5 Å². The Balaban J connectivity index is 1.80. The Kier molecular flexibility index (Phi) is 7.00. The van der Waals surface area contributed by atoms with Gasteiger partial charge in [-0.05, 0) is 31.5 Å². The SMILES string of the molecule is CCN(CC(=O)O)C1CC(NC(=O)Nc2ccccc2OCCF)C1. The summed E-state index contributed by atoms with van der Waals surface area (Å²) in [6.45, 7) is 1.93. The number of nitrogens with zero attached hydrogens (tertiary/aromatic N) is 1. The number of rotatable bonds is 9. The zero-order chi connectivity index (χ0) is 18.2. The average molecular weight is 353 g/mol. The Hall–Kier alpha value is -2.35. The summed E-state index contributed by atoms with van der Waals surface area (Å²) >= 11 is 0. The van der Waals surface area contributed by atoms with Crippen LogP contribution in [0.15, 0.2) is 24.3 Å². The average Bonchev–Trinajstić information content (AvgIpc) is 2.55. The third-order valence-electron chi connectivity index (χ3n) is 4.18. The van der Waals surface area contributed by atoms with E-state index in [0.29, 0.717) is 30.8 Å². The van der Waals surface area contributed by atoms with Gasteiger partial charge in [0.25, 0.3) is 0 Å². The number of aliphatic carboxylic acids is 1. The van der Waals surface area contributed by atoms with E-state index in [1.54, 1.807) is 24.3 Å². The lowest BCUT2D eigenvalue weighted by Gasteiger charge is -2.42. The zero-order valence-corrected chi connectivity index (χ0v) is 14.2. The highest BCUT2D eigenvalue weighted by Crippen LogP contribution is 2.27. The molecule has 8 heteroatoms. The van der Waals surface area contributed by atoms with Crippen LogP contribution in [0.5, 0.6) is 5.75 Å². The van der Waals surface area contributed by atoms with Crippen LogP contribution in [-0.2, 0) is 4.79 Å². The standard InChI is InChI=1S/C17H24FN3O4/c1-2-21(11-16(22)23)13-9-12(10-13)19-17(24)20-14-5-3-4-6-15(14)25-8-7-18/h3-6,12-13H,2,7-11H2,1H3,(H,22,23)(H2,19,20,24). The van der Waals surface area contributed by atoms with Crippen molar-refractivity contribution in [3.63, 3.8) is 0 Å². The van der Waals surface area contributed by atoms with Gasteiger partial charge in [0, 0.05) is 12.1 Å². The summed E-state index contributed by atoms with van der Waals surface area (Å²) in [7, 11) is 0. The lowest BCUT2D eigenvalue weighted by molar-refractivity contribution is -0.139. The number of carboxylic acids is 1. The predicted molar refractivity (Wildman–Crippen MR) is 91.8 cm³/mol. The van der Waals surface area contributed by atoms with Crippen LogP contribution in [0.3, 0.4) is 0 Å². The third-order valence-corrected chi connectivity index (χ3v) is 4.18. The first-order valence-electron chi connectivity index (χ1n) is 8.34. The van der Waals surface area contributed by atoms with Gasteiger partial charge in [-0.1, -0.05) is 19.1 Å². The number of hydrogen-bond acceptors (Lipinski definition) is 4. The lowest BCUT2D eigenvalue weighted by atomic mass is 9.85. The van der Waals surface area contributed by atoms with Gasteiger partial charge in [-0.15, -0.1) is 0 Å². The van der Waals surface area contributed by atoms with Gasteiger partial charge >= 0.3 is 12.0 Å². The molecule has 0 aromatic heterocycles. The predicted octanol–water partition coefficient (Wildman–Crippen LogP) is 2.09. The van der Waals surface area contributed by atoms with Gasteiger partial charge in [0.1, 0.15) is 19.0 Å². The van der Waals surface area contributed by atoms with Crippen LogP contribution in [0.4, 0.5) is 14.9 Å². The van der Waals surface area contributed by atoms with Gasteiger partial charge < -0.3 is 20.5 Å². The summed E-state index contributed by atoms with van der Waals surface area (Å²) in [5.41, 5.74) is 0.477. The molecule has 0 heterocycles. The van der Waals surface area contributed by atoms with Crippen molar-refractivity contribution in [2.24, 2.45) is 0 Å². The normalized spacial score (nSPS) is 19.2. The second kappa shape index (κ2) is 9.22. The molecule has 1 aliphatic rings. The Morgan fingerprint density at radius 1 is 1.36 bits per heavy atom. The second-order valence-corrected chi connectivity index (χ2v) is 5.91. The topological polar surface area (TPSA) is 90.9 Å². The van der Waals surface area contributed by atoms with Gasteiger partial charge in [0.2, 0.25) is 0 Å². The molecule has 2 rings (SSSR count). The van der Waals surface area contributed by atoms with Gasteiger partial charge in [0.15, 0.2) is 0 Å². The van der Waals surface area contributed by atoms with Crippen molar-refractivity contribution in [2.45, 2.75) is 31.8 Å². The second-order valence-electron chi connectivity index (χ2n) is 5.91. The summed E-state index contributed by atoms with van der Waals surface area (Å²) in [4.78, 5) is 24.8. The molecule has 0 radical (unpaired) electrons. The molecule has 0 spiro atoms. The van der Waals surface area contributed by atoms with E-state index in [1.807, 2.05) is 11.8 Å². The Morgan fingerprint density at radius 2 is 2.08 bits per heavy atom. The van der Waals surface area contributed by atoms with Crippen molar-refractivity contribution in [3.8, 4) is 5.75 Å². The quantitative estimate of drug-likeness (QED) is 0.632. The van der Waals surface area contributed by atoms with Gasteiger partial charge in [-0.2, -0.15) is 0 Å². The molecule has 1 saturated carbocycles. The highest BCUT2D eigenvalue weighted by Gasteiger charge is 2.34. The molecule has 2 amide bonds. The van der Waals surface area contributed by atoms with Crippen molar-refractivity contribution in [2.75, 3.05) is 31.7 Å². The van der Waals surface area contributed by atoms with E-state index >= 15 is 0 Å². The maximum atomic E-state index is 12.2. The van der Waals surface area contributed by atoms with Crippen molar-refractivity contribution < 1.29 is 23.8 Å². The van der Waals surface area contributed by atoms with E-state index in [1.165, 1.54) is 0 Å². The minimum absolute atomic E-state index is 0.00627. The molecule has 0 unspecified atom stereocenters. The fraction of sp³-hybridized carbons (Fsp3) is 0.529. The minimum atomic E-state index is -0.846. The molecule has 7 nitrogen and oxygen atoms in total. The number of alkyl halides is 1. The number of urea groups is 1. The number of nitrogens with one attached hydrogen (secondary N) is 2. The molecule has 0 saturated heterocycles. The van der Waals surface area contributed by atoms with Crippen LogP contribution >= 0.6 is 0 Å². The fourth-order valence-electron chi connectivity index (χ4n) is 2.86. The third kappa shape index (κ3) is 5.60. The van der Waals surface area contributed by atoms with E-state index in [4.69, 9.17) is 9.84 Å². The summed E-state index contributed by atoms with van der Waals surface area (Å²) in [5.74, 6) is -0.429. The summed E-state index contributed by atoms with van der Waals surface area (Å²) in [6, 6.07) is 6.66. The monoisotopic (exact) mass is 353 g/mol. The Labute approximate surface area is 146 Å². The first-order valence-corrected chi connectivity index (χ1v) is 8.34. The fourth-order valence-corrected chi connectivity index (χ4v) is 2.86. The largest absolute Gasteiger partial charge is 0.489 e. The minimum Gasteiger partial charge on any atom is -0.489 e. The molecule has 1 aromatic carbocycles. The molecule has 3 N–H and O–H groups in total. The van der Waals surface area contributed by atoms with Crippen LogP contribution < -0.4 is 15.4 Å². The number of benzene rings is 1. The number of carboxylic acid groups (broad SMARTS) is 1. The van der Waals surface area contributed by atoms with E-state index in [-0.39, 0.29) is 31.3 Å². The summed E-state index contributed by atoms with van der Waals surface area (Å²) in [6.07, 6.45) is 1.43. The van der Waals surface area contributed by atoms with Crippen LogP contribution in [0, 0.1) is 0 Å². The number of anilines is 1. The van der Waals surface area contributed by atoms with Crippen LogP contribution in [0.2, 0.25) is 0 Å². The van der Waals surface area contributed by atoms with Crippen LogP contribution in [0.1, 0.15) is 19.8 Å². The highest BCUT2D eigenvalue weighted by atomic mass is 19.1. The van der Waals surface area contributed by atoms with Gasteiger partial charge in [0.05, 0.1) is 12.2 Å². The molecule has 1 aliphatic carbocycles. The number of amides is 2. The summed E-state index contributed by atoms with van der Waals surface area (Å²) in [5, 5.41) is 14.5. The van der Waals surface area contributed by atoms with E-state index in [9.17, 15) is 14.0 Å². The highest BCUT2D eigenvalue weighted by molar-refractivity contribution is 5.91. The number of likely N-dealkylation sites (N-methyl/N-ethyl adjacent to an activating group) is 1. The molecule has 0 atom stereocenters. The maximum Gasteiger partial charge on any atom is 0.319 e. The van der Waals surface area contributed by atoms with Crippen molar-refractivity contribution in [1.29, 1.82) is 0 Å². The number of para-hydroxylation sites is 2. The van der Waals surface area contributed by atoms with E-state index in [0.717, 1.165) is 0 Å². The van der Waals surface area contributed by atoms with E-state index < -0.39 is 12.6 Å². The molecular weight excluding hydrogens is 329 g/mol. The molecule has 25 heavy (non-hydrogen) atoms. The number of halogens is 1. The van der Waals surface area contributed by atoms with Crippen LogP contribution in [0.25, 0.3) is 0 Å². The zero-order valence-electron chi connectivity index (χ0n) is 14.2. The number of hydrogen-bond donors (Lipinski definition) is 3. The van der Waals surface area contributed by atoms with Crippen molar-refractivity contribution in [1.82, 2.24) is 10.2 Å².